The molecule has 74 valence electrons. The molecule has 0 unspecified atom stereocenters. The highest BCUT2D eigenvalue weighted by atomic mass is 79.9. The molecule has 0 bridgehead atoms. The van der Waals surface area contributed by atoms with Gasteiger partial charge in [-0.15, -0.1) is 8.98 Å². The fraction of sp³-hybridized carbons (Fsp3) is 0.143. The molecule has 0 saturated carbocycles. The van der Waals surface area contributed by atoms with E-state index in [4.69, 9.17) is 4.74 Å². The van der Waals surface area contributed by atoms with Crippen LogP contribution >= 0.6 is 28.3 Å². The van der Waals surface area contributed by atoms with Crippen LogP contribution in [0.25, 0.3) is 11.0 Å². The van der Waals surface area contributed by atoms with E-state index in [1.165, 1.54) is 0 Å². The minimum atomic E-state index is 0.00220. The second kappa shape index (κ2) is 3.74. The number of hydrogen-bond donors (Lipinski definition) is 0. The van der Waals surface area contributed by atoms with Crippen molar-refractivity contribution in [2.75, 3.05) is 7.11 Å². The third kappa shape index (κ3) is 1.46. The van der Waals surface area contributed by atoms with Gasteiger partial charge >= 0.3 is 0 Å². The van der Waals surface area contributed by atoms with Gasteiger partial charge in [0, 0.05) is 6.07 Å². The van der Waals surface area contributed by atoms with Gasteiger partial charge in [-0.25, -0.2) is 0 Å². The van der Waals surface area contributed by atoms with E-state index in [2.05, 4.69) is 26.2 Å². The summed E-state index contributed by atoms with van der Waals surface area (Å²) in [6.45, 7) is 0. The molecule has 0 saturated heterocycles. The number of benzene rings is 1. The summed E-state index contributed by atoms with van der Waals surface area (Å²) in [5.74, 6) is 0.620. The summed E-state index contributed by atoms with van der Waals surface area (Å²) in [6, 6.07) is 3.40. The van der Waals surface area contributed by atoms with Gasteiger partial charge in [-0.3, -0.25) is 0 Å². The molecular formula is C7H5BrFN3OS. The first-order chi connectivity index (χ1) is 6.76. The molecule has 0 fully saturated rings. The van der Waals surface area contributed by atoms with E-state index in [-0.39, 0.29) is 12.3 Å². The van der Waals surface area contributed by atoms with Crippen LogP contribution in [-0.4, -0.2) is 21.5 Å². The molecule has 0 amide bonds. The number of methoxy groups -OCH3 is 1. The van der Waals surface area contributed by atoms with E-state index in [1.807, 2.05) is 0 Å². The summed E-state index contributed by atoms with van der Waals surface area (Å²) in [7, 11) is 1.54. The molecular weight excluding hydrogens is 273 g/mol. The minimum absolute atomic E-state index is 0.00220. The fourth-order valence-corrected chi connectivity index (χ4v) is 1.89. The number of ether oxygens (including phenoxy) is 1. The number of nitrogens with zero attached hydrogens (tertiary/aromatic N) is 3. The van der Waals surface area contributed by atoms with Crippen molar-refractivity contribution in [2.24, 2.45) is 0 Å². The Kier molecular flexibility index (Phi) is 2.60. The molecule has 0 atom stereocenters. The van der Waals surface area contributed by atoms with Crippen LogP contribution < -0.4 is 4.74 Å². The van der Waals surface area contributed by atoms with E-state index >= 15 is 0 Å². The first-order valence-corrected chi connectivity index (χ1v) is 5.11. The van der Waals surface area contributed by atoms with Gasteiger partial charge < -0.3 is 4.74 Å². The van der Waals surface area contributed by atoms with Gasteiger partial charge in [0.05, 0.1) is 11.6 Å². The van der Waals surface area contributed by atoms with Crippen LogP contribution in [0.5, 0.6) is 5.75 Å². The summed E-state index contributed by atoms with van der Waals surface area (Å²) in [6.07, 6.45) is 0. The number of aromatic nitrogens is 3. The SMILES string of the molecule is COc1cc2c(cc1Br)nnn2SF. The molecule has 0 N–H and O–H groups in total. The molecule has 0 aliphatic rings. The van der Waals surface area contributed by atoms with E-state index in [0.29, 0.717) is 16.8 Å². The van der Waals surface area contributed by atoms with Gasteiger partial charge in [0.2, 0.25) is 0 Å². The molecule has 0 spiro atoms. The molecule has 2 rings (SSSR count). The molecule has 1 heterocycles. The standard InChI is InChI=1S/C7H5BrFN3OS/c1-13-7-3-6-5(2-4(7)8)10-11-12(6)14-9/h2-3H,1H3. The summed E-state index contributed by atoms with van der Waals surface area (Å²) in [5, 5.41) is 7.40. The Bertz CT molecular complexity index is 475. The predicted octanol–water partition coefficient (Wildman–Crippen LogP) is 2.58. The highest BCUT2D eigenvalue weighted by molar-refractivity contribution is 9.10. The number of fused-ring (bicyclic) bond motifs is 1. The van der Waals surface area contributed by atoms with Crippen molar-refractivity contribution in [3.8, 4) is 5.75 Å². The van der Waals surface area contributed by atoms with Gasteiger partial charge in [-0.05, 0) is 22.0 Å². The molecule has 2 aromatic rings. The zero-order valence-electron chi connectivity index (χ0n) is 7.07. The second-order valence-corrected chi connectivity index (χ2v) is 3.85. The van der Waals surface area contributed by atoms with Crippen LogP contribution in [0.15, 0.2) is 16.6 Å². The molecule has 7 heteroatoms. The van der Waals surface area contributed by atoms with Crippen molar-refractivity contribution in [1.82, 2.24) is 14.4 Å². The lowest BCUT2D eigenvalue weighted by molar-refractivity contribution is 0.412. The Morgan fingerprint density at radius 3 is 3.00 bits per heavy atom. The Balaban J connectivity index is 2.70. The lowest BCUT2D eigenvalue weighted by atomic mass is 10.3. The summed E-state index contributed by atoms with van der Waals surface area (Å²) in [4.78, 5) is 0. The predicted molar refractivity (Wildman–Crippen MR) is 55.9 cm³/mol. The molecule has 0 aliphatic heterocycles. The van der Waals surface area contributed by atoms with Gasteiger partial charge in [-0.2, -0.15) is 4.09 Å². The van der Waals surface area contributed by atoms with Crippen molar-refractivity contribution in [3.63, 3.8) is 0 Å². The first-order valence-electron chi connectivity index (χ1n) is 3.64. The quantitative estimate of drug-likeness (QED) is 0.846. The average Bonchev–Trinajstić information content (AvgIpc) is 2.58. The van der Waals surface area contributed by atoms with Crippen LogP contribution in [-0.2, 0) is 0 Å². The number of hydrogen-bond acceptors (Lipinski definition) is 4. The molecule has 0 radical (unpaired) electrons. The Morgan fingerprint density at radius 1 is 1.57 bits per heavy atom. The number of halogens is 2. The van der Waals surface area contributed by atoms with E-state index < -0.39 is 0 Å². The Labute approximate surface area is 92.0 Å². The highest BCUT2D eigenvalue weighted by Crippen LogP contribution is 2.30. The van der Waals surface area contributed by atoms with Crippen molar-refractivity contribution >= 4 is 39.3 Å². The van der Waals surface area contributed by atoms with E-state index in [9.17, 15) is 3.89 Å². The molecule has 0 aliphatic carbocycles. The van der Waals surface area contributed by atoms with Crippen LogP contribution in [0.1, 0.15) is 0 Å². The maximum Gasteiger partial charge on any atom is 0.189 e. The van der Waals surface area contributed by atoms with Crippen LogP contribution in [0, 0.1) is 0 Å². The lowest BCUT2D eigenvalue weighted by Gasteiger charge is -2.02. The molecule has 4 nitrogen and oxygen atoms in total. The van der Waals surface area contributed by atoms with Gasteiger partial charge in [0.15, 0.2) is 12.3 Å². The topological polar surface area (TPSA) is 39.9 Å². The summed E-state index contributed by atoms with van der Waals surface area (Å²) in [5.41, 5.74) is 1.19. The maximum atomic E-state index is 12.3. The summed E-state index contributed by atoms with van der Waals surface area (Å²) >= 11 is 3.31. The van der Waals surface area contributed by atoms with Crippen LogP contribution in [0.2, 0.25) is 0 Å². The van der Waals surface area contributed by atoms with Crippen molar-refractivity contribution in [3.05, 3.63) is 16.6 Å². The van der Waals surface area contributed by atoms with Crippen LogP contribution in [0.4, 0.5) is 3.89 Å². The lowest BCUT2D eigenvalue weighted by Crippen LogP contribution is -1.87. The van der Waals surface area contributed by atoms with Crippen molar-refractivity contribution in [1.29, 1.82) is 0 Å². The van der Waals surface area contributed by atoms with Gasteiger partial charge in [-0.1, -0.05) is 5.21 Å². The monoisotopic (exact) mass is 277 g/mol. The molecule has 1 aromatic heterocycles. The van der Waals surface area contributed by atoms with Crippen molar-refractivity contribution < 1.29 is 8.62 Å². The van der Waals surface area contributed by atoms with E-state index in [1.54, 1.807) is 19.2 Å². The number of rotatable bonds is 2. The zero-order chi connectivity index (χ0) is 10.1. The van der Waals surface area contributed by atoms with Crippen LogP contribution in [0.3, 0.4) is 0 Å². The third-order valence-electron chi connectivity index (χ3n) is 1.75. The normalized spacial score (nSPS) is 10.8. The van der Waals surface area contributed by atoms with Crippen molar-refractivity contribution in [2.45, 2.75) is 0 Å². The molecule has 14 heavy (non-hydrogen) atoms. The highest BCUT2D eigenvalue weighted by Gasteiger charge is 2.09. The van der Waals surface area contributed by atoms with Gasteiger partial charge in [0.25, 0.3) is 0 Å². The minimum Gasteiger partial charge on any atom is -0.495 e. The average molecular weight is 278 g/mol. The Morgan fingerprint density at radius 2 is 2.36 bits per heavy atom. The van der Waals surface area contributed by atoms with E-state index in [0.717, 1.165) is 8.56 Å². The third-order valence-corrected chi connectivity index (χ3v) is 2.77. The molecule has 1 aromatic carbocycles. The smallest absolute Gasteiger partial charge is 0.189 e. The zero-order valence-corrected chi connectivity index (χ0v) is 9.47. The second-order valence-electron chi connectivity index (χ2n) is 2.51. The largest absolute Gasteiger partial charge is 0.495 e. The summed E-state index contributed by atoms with van der Waals surface area (Å²) < 4.78 is 19.3. The fourth-order valence-electron chi connectivity index (χ4n) is 1.11. The Hall–Kier alpha value is -0.820. The van der Waals surface area contributed by atoms with Gasteiger partial charge in [0.1, 0.15) is 16.8 Å². The maximum absolute atomic E-state index is 12.3. The first kappa shape index (κ1) is 9.72.